The maximum atomic E-state index is 13.0. The maximum Gasteiger partial charge on any atom is 0.313 e. The summed E-state index contributed by atoms with van der Waals surface area (Å²) in [6.07, 6.45) is 0.523. The molecule has 0 N–H and O–H groups in total. The minimum absolute atomic E-state index is 0.202. The third-order valence-electron chi connectivity index (χ3n) is 4.61. The second kappa shape index (κ2) is 6.09. The average molecular weight is 335 g/mol. The number of para-hydroxylation sites is 2. The number of ether oxygens (including phenoxy) is 1. The molecule has 0 fully saturated rings. The number of methoxy groups -OCH3 is 1. The molecule has 1 aromatic heterocycles. The molecule has 4 rings (SSSR count). The Bertz CT molecular complexity index is 926. The van der Waals surface area contributed by atoms with Gasteiger partial charge in [-0.25, -0.2) is 0 Å². The smallest absolute Gasteiger partial charge is 0.313 e. The molecule has 1 aliphatic heterocycles. The van der Waals surface area contributed by atoms with Crippen LogP contribution in [0.15, 0.2) is 59.0 Å². The Morgan fingerprint density at radius 2 is 1.88 bits per heavy atom. The first-order chi connectivity index (χ1) is 12.2. The fourth-order valence-electron chi connectivity index (χ4n) is 3.38. The van der Waals surface area contributed by atoms with E-state index in [0.29, 0.717) is 24.3 Å². The van der Waals surface area contributed by atoms with Gasteiger partial charge in [0, 0.05) is 17.6 Å². The third-order valence-corrected chi connectivity index (χ3v) is 4.61. The van der Waals surface area contributed by atoms with Crippen molar-refractivity contribution < 1.29 is 18.7 Å². The van der Waals surface area contributed by atoms with Crippen molar-refractivity contribution in [3.05, 3.63) is 65.9 Å². The summed E-state index contributed by atoms with van der Waals surface area (Å²) in [5.74, 6) is -0.524. The molecule has 3 aromatic rings. The minimum Gasteiger partial charge on any atom is -0.469 e. The number of nitrogens with zero attached hydrogens (tertiary/aromatic N) is 1. The number of esters is 1. The lowest BCUT2D eigenvalue weighted by Crippen LogP contribution is -2.38. The lowest BCUT2D eigenvalue weighted by atomic mass is 9.90. The van der Waals surface area contributed by atoms with Crippen molar-refractivity contribution in [1.82, 2.24) is 0 Å². The number of hydrogen-bond acceptors (Lipinski definition) is 4. The molecule has 1 atom stereocenters. The first-order valence-corrected chi connectivity index (χ1v) is 8.16. The molecule has 5 heteroatoms. The zero-order valence-corrected chi connectivity index (χ0v) is 13.8. The van der Waals surface area contributed by atoms with E-state index >= 15 is 0 Å². The Kier molecular flexibility index (Phi) is 3.76. The van der Waals surface area contributed by atoms with Gasteiger partial charge in [0.25, 0.3) is 5.91 Å². The molecule has 0 unspecified atom stereocenters. The lowest BCUT2D eigenvalue weighted by molar-refractivity contribution is -0.142. The van der Waals surface area contributed by atoms with Gasteiger partial charge in [0.05, 0.1) is 13.0 Å². The molecular formula is C20H17NO4. The van der Waals surface area contributed by atoms with Crippen LogP contribution in [-0.4, -0.2) is 25.5 Å². The Labute approximate surface area is 144 Å². The van der Waals surface area contributed by atoms with Gasteiger partial charge in [-0.1, -0.05) is 36.4 Å². The summed E-state index contributed by atoms with van der Waals surface area (Å²) in [7, 11) is 1.39. The van der Waals surface area contributed by atoms with Gasteiger partial charge in [0.2, 0.25) is 0 Å². The van der Waals surface area contributed by atoms with E-state index in [2.05, 4.69) is 0 Å². The Balaban J connectivity index is 1.72. The SMILES string of the molecule is COC(=O)[C@H]1CCN(C(=O)c2cc3ccccc3o2)c2ccccc21. The van der Waals surface area contributed by atoms with Gasteiger partial charge >= 0.3 is 5.97 Å². The summed E-state index contributed by atoms with van der Waals surface area (Å²) in [4.78, 5) is 26.7. The first kappa shape index (κ1) is 15.4. The molecule has 1 aliphatic rings. The van der Waals surface area contributed by atoms with Crippen molar-refractivity contribution in [1.29, 1.82) is 0 Å². The van der Waals surface area contributed by atoms with Gasteiger partial charge < -0.3 is 14.1 Å². The fraction of sp³-hybridized carbons (Fsp3) is 0.200. The van der Waals surface area contributed by atoms with Crippen molar-refractivity contribution in [2.75, 3.05) is 18.6 Å². The van der Waals surface area contributed by atoms with Gasteiger partial charge in [-0.3, -0.25) is 9.59 Å². The molecule has 0 bridgehead atoms. The molecule has 25 heavy (non-hydrogen) atoms. The summed E-state index contributed by atoms with van der Waals surface area (Å²) >= 11 is 0. The Morgan fingerprint density at radius 3 is 2.68 bits per heavy atom. The average Bonchev–Trinajstić information content (AvgIpc) is 3.10. The zero-order chi connectivity index (χ0) is 17.4. The van der Waals surface area contributed by atoms with Gasteiger partial charge in [0.15, 0.2) is 5.76 Å². The van der Waals surface area contributed by atoms with E-state index < -0.39 is 0 Å². The highest BCUT2D eigenvalue weighted by Crippen LogP contribution is 2.37. The summed E-state index contributed by atoms with van der Waals surface area (Å²) in [6, 6.07) is 16.7. The van der Waals surface area contributed by atoms with Gasteiger partial charge in [0.1, 0.15) is 5.58 Å². The number of fused-ring (bicyclic) bond motifs is 2. The predicted molar refractivity (Wildman–Crippen MR) is 93.7 cm³/mol. The molecule has 0 radical (unpaired) electrons. The molecule has 0 aliphatic carbocycles. The van der Waals surface area contributed by atoms with E-state index in [9.17, 15) is 9.59 Å². The monoisotopic (exact) mass is 335 g/mol. The second-order valence-electron chi connectivity index (χ2n) is 6.03. The molecule has 126 valence electrons. The highest BCUT2D eigenvalue weighted by molar-refractivity contribution is 6.07. The number of amides is 1. The first-order valence-electron chi connectivity index (χ1n) is 8.16. The topological polar surface area (TPSA) is 59.8 Å². The quantitative estimate of drug-likeness (QED) is 0.669. The van der Waals surface area contributed by atoms with E-state index in [0.717, 1.165) is 16.6 Å². The molecule has 0 saturated carbocycles. The van der Waals surface area contributed by atoms with E-state index in [1.807, 2.05) is 48.5 Å². The number of rotatable bonds is 2. The van der Waals surface area contributed by atoms with Crippen LogP contribution >= 0.6 is 0 Å². The highest BCUT2D eigenvalue weighted by Gasteiger charge is 2.34. The van der Waals surface area contributed by atoms with Crippen LogP contribution in [0.4, 0.5) is 5.69 Å². The summed E-state index contributed by atoms with van der Waals surface area (Å²) in [6.45, 7) is 0.437. The maximum absolute atomic E-state index is 13.0. The van der Waals surface area contributed by atoms with Crippen LogP contribution in [0.2, 0.25) is 0 Å². The minimum atomic E-state index is -0.346. The van der Waals surface area contributed by atoms with Crippen LogP contribution in [0.25, 0.3) is 11.0 Å². The van der Waals surface area contributed by atoms with E-state index in [1.54, 1.807) is 11.0 Å². The number of benzene rings is 2. The molecule has 5 nitrogen and oxygen atoms in total. The van der Waals surface area contributed by atoms with Gasteiger partial charge in [-0.05, 0) is 30.2 Å². The fourth-order valence-corrected chi connectivity index (χ4v) is 3.38. The highest BCUT2D eigenvalue weighted by atomic mass is 16.5. The number of anilines is 1. The molecular weight excluding hydrogens is 318 g/mol. The van der Waals surface area contributed by atoms with Crippen LogP contribution in [-0.2, 0) is 9.53 Å². The molecule has 1 amide bonds. The van der Waals surface area contributed by atoms with Crippen molar-refractivity contribution in [3.63, 3.8) is 0 Å². The third kappa shape index (κ3) is 2.58. The normalized spacial score (nSPS) is 16.5. The Hall–Kier alpha value is -3.08. The van der Waals surface area contributed by atoms with E-state index in [4.69, 9.17) is 9.15 Å². The van der Waals surface area contributed by atoms with Crippen LogP contribution < -0.4 is 4.90 Å². The van der Waals surface area contributed by atoms with Gasteiger partial charge in [-0.2, -0.15) is 0 Å². The van der Waals surface area contributed by atoms with Gasteiger partial charge in [-0.15, -0.1) is 0 Å². The Morgan fingerprint density at radius 1 is 1.12 bits per heavy atom. The molecule has 0 spiro atoms. The van der Waals surface area contributed by atoms with Crippen LogP contribution in [0.3, 0.4) is 0 Å². The number of hydrogen-bond donors (Lipinski definition) is 0. The van der Waals surface area contributed by atoms with Crippen LogP contribution in [0.1, 0.15) is 28.5 Å². The molecule has 0 saturated heterocycles. The lowest BCUT2D eigenvalue weighted by Gasteiger charge is -2.32. The number of furan rings is 1. The second-order valence-corrected chi connectivity index (χ2v) is 6.03. The summed E-state index contributed by atoms with van der Waals surface area (Å²) in [5, 5.41) is 0.892. The van der Waals surface area contributed by atoms with Crippen molar-refractivity contribution >= 4 is 28.5 Å². The van der Waals surface area contributed by atoms with Crippen molar-refractivity contribution in [2.45, 2.75) is 12.3 Å². The molecule has 2 aromatic carbocycles. The standard InChI is InChI=1S/C20H17NO4/c1-24-20(23)15-10-11-21(16-8-4-3-7-14(15)16)19(22)18-12-13-6-2-5-9-17(13)25-18/h2-9,12,15H,10-11H2,1H3/t15-/m0/s1. The number of carbonyl (C=O) groups is 2. The number of carbonyl (C=O) groups excluding carboxylic acids is 2. The summed E-state index contributed by atoms with van der Waals surface area (Å²) in [5.41, 5.74) is 2.23. The van der Waals surface area contributed by atoms with E-state index in [1.165, 1.54) is 7.11 Å². The molecule has 2 heterocycles. The van der Waals surface area contributed by atoms with Crippen molar-refractivity contribution in [2.24, 2.45) is 0 Å². The zero-order valence-electron chi connectivity index (χ0n) is 13.8. The predicted octanol–water partition coefficient (Wildman–Crippen LogP) is 3.74. The summed E-state index contributed by atoms with van der Waals surface area (Å²) < 4.78 is 10.6. The van der Waals surface area contributed by atoms with Crippen LogP contribution in [0, 0.1) is 0 Å². The van der Waals surface area contributed by atoms with Crippen LogP contribution in [0.5, 0.6) is 0 Å². The largest absolute Gasteiger partial charge is 0.469 e. The van der Waals surface area contributed by atoms with Crippen molar-refractivity contribution in [3.8, 4) is 0 Å². The van der Waals surface area contributed by atoms with E-state index in [-0.39, 0.29) is 17.8 Å².